The van der Waals surface area contributed by atoms with Crippen molar-refractivity contribution in [3.8, 4) is 0 Å². The lowest BCUT2D eigenvalue weighted by Gasteiger charge is -2.36. The highest BCUT2D eigenvalue weighted by Crippen LogP contribution is 2.31. The van der Waals surface area contributed by atoms with Crippen molar-refractivity contribution in [2.45, 2.75) is 32.1 Å². The van der Waals surface area contributed by atoms with Crippen molar-refractivity contribution < 1.29 is 9.47 Å². The van der Waals surface area contributed by atoms with Crippen LogP contribution in [-0.2, 0) is 9.47 Å². The highest BCUT2D eigenvalue weighted by molar-refractivity contribution is 4.85. The van der Waals surface area contributed by atoms with E-state index in [1.165, 1.54) is 0 Å². The first-order chi connectivity index (χ1) is 15.2. The van der Waals surface area contributed by atoms with Gasteiger partial charge in [0.25, 0.3) is 0 Å². The molecule has 10 heteroatoms. The third-order valence-electron chi connectivity index (χ3n) is 5.99. The van der Waals surface area contributed by atoms with Gasteiger partial charge in [0.05, 0.1) is 0 Å². The van der Waals surface area contributed by atoms with Crippen LogP contribution in [0.15, 0.2) is 0 Å². The molecule has 182 valence electrons. The van der Waals surface area contributed by atoms with Crippen LogP contribution in [0, 0.1) is 0 Å². The van der Waals surface area contributed by atoms with Crippen LogP contribution >= 0.6 is 0 Å². The van der Waals surface area contributed by atoms with Crippen LogP contribution in [0.5, 0.6) is 0 Å². The first kappa shape index (κ1) is 25.2. The minimum absolute atomic E-state index is 0.0748. The van der Waals surface area contributed by atoms with Crippen molar-refractivity contribution in [3.05, 3.63) is 0 Å². The Morgan fingerprint density at radius 1 is 0.484 bits per heavy atom. The van der Waals surface area contributed by atoms with Crippen LogP contribution < -0.4 is 31.9 Å². The number of hydrogen-bond donors (Lipinski definition) is 6. The molecule has 0 spiro atoms. The molecule has 3 saturated heterocycles. The molecule has 2 atom stereocenters. The molecule has 3 aliphatic rings. The smallest absolute Gasteiger partial charge is 0.167 e. The van der Waals surface area contributed by atoms with Gasteiger partial charge in [-0.3, -0.25) is 9.80 Å². The summed E-state index contributed by atoms with van der Waals surface area (Å²) in [6.45, 7) is 19.6. The van der Waals surface area contributed by atoms with Gasteiger partial charge in [-0.25, -0.2) is 0 Å². The fraction of sp³-hybridized carbons (Fsp3) is 1.00. The summed E-state index contributed by atoms with van der Waals surface area (Å²) in [4.78, 5) is 4.91. The third kappa shape index (κ3) is 9.17. The predicted octanol–water partition coefficient (Wildman–Crippen LogP) is -2.41. The Morgan fingerprint density at radius 3 is 1.03 bits per heavy atom. The van der Waals surface area contributed by atoms with Crippen molar-refractivity contribution >= 4 is 0 Å². The van der Waals surface area contributed by atoms with Gasteiger partial charge < -0.3 is 41.4 Å². The van der Waals surface area contributed by atoms with Gasteiger partial charge in [0, 0.05) is 105 Å². The number of ether oxygens (including phenoxy) is 2. The Labute approximate surface area is 188 Å². The van der Waals surface area contributed by atoms with Crippen molar-refractivity contribution in [3.63, 3.8) is 0 Å². The van der Waals surface area contributed by atoms with Crippen molar-refractivity contribution in [1.82, 2.24) is 41.7 Å². The number of rotatable bonds is 2. The van der Waals surface area contributed by atoms with E-state index in [2.05, 4.69) is 41.7 Å². The maximum Gasteiger partial charge on any atom is 0.167 e. The van der Waals surface area contributed by atoms with Gasteiger partial charge in [0.1, 0.15) is 0 Å². The lowest BCUT2D eigenvalue weighted by atomic mass is 10.3. The van der Waals surface area contributed by atoms with Gasteiger partial charge in [0.15, 0.2) is 18.2 Å². The van der Waals surface area contributed by atoms with Crippen LogP contribution in [0.25, 0.3) is 0 Å². The molecule has 0 aromatic heterocycles. The second kappa shape index (κ2) is 14.0. The predicted molar refractivity (Wildman–Crippen MR) is 124 cm³/mol. The molecule has 0 aromatic rings. The highest BCUT2D eigenvalue weighted by Gasteiger charge is 2.46. The SMILES string of the molecule is CC1(C)O[C@H](N2CCNCCNCCNCC2)[C@@H](N2CCNCCNCCNCC2)O1. The van der Waals surface area contributed by atoms with Crippen LogP contribution in [0.3, 0.4) is 0 Å². The Kier molecular flexibility index (Phi) is 11.4. The topological polar surface area (TPSA) is 97.1 Å². The van der Waals surface area contributed by atoms with E-state index in [1.54, 1.807) is 0 Å². The summed E-state index contributed by atoms with van der Waals surface area (Å²) in [6.07, 6.45) is -0.150. The molecule has 0 aromatic carbocycles. The van der Waals surface area contributed by atoms with Gasteiger partial charge in [0.2, 0.25) is 0 Å². The van der Waals surface area contributed by atoms with E-state index in [-0.39, 0.29) is 12.5 Å². The van der Waals surface area contributed by atoms with Crippen LogP contribution in [0.1, 0.15) is 13.8 Å². The molecule has 0 unspecified atom stereocenters. The minimum Gasteiger partial charge on any atom is -0.328 e. The second-order valence-electron chi connectivity index (χ2n) is 8.99. The Hall–Kier alpha value is -0.400. The van der Waals surface area contributed by atoms with Crippen molar-refractivity contribution in [2.24, 2.45) is 0 Å². The van der Waals surface area contributed by atoms with Gasteiger partial charge in [-0.05, 0) is 13.8 Å². The fourth-order valence-corrected chi connectivity index (χ4v) is 4.32. The average molecular weight is 443 g/mol. The maximum absolute atomic E-state index is 6.49. The van der Waals surface area contributed by atoms with Crippen molar-refractivity contribution in [1.29, 1.82) is 0 Å². The molecule has 10 nitrogen and oxygen atoms in total. The van der Waals surface area contributed by atoms with Gasteiger partial charge >= 0.3 is 0 Å². The summed E-state index contributed by atoms with van der Waals surface area (Å²) in [5.74, 6) is -0.585. The van der Waals surface area contributed by atoms with Crippen molar-refractivity contribution in [2.75, 3.05) is 105 Å². The maximum atomic E-state index is 6.49. The van der Waals surface area contributed by atoms with E-state index in [0.717, 1.165) is 105 Å². The minimum atomic E-state index is -0.585. The first-order valence-corrected chi connectivity index (χ1v) is 12.2. The third-order valence-corrected chi connectivity index (χ3v) is 5.99. The second-order valence-corrected chi connectivity index (χ2v) is 8.99. The van der Waals surface area contributed by atoms with E-state index in [0.29, 0.717) is 0 Å². The van der Waals surface area contributed by atoms with Gasteiger partial charge in [-0.2, -0.15) is 0 Å². The molecule has 0 aliphatic carbocycles. The number of nitrogens with zero attached hydrogens (tertiary/aromatic N) is 2. The largest absolute Gasteiger partial charge is 0.328 e. The van der Waals surface area contributed by atoms with Gasteiger partial charge in [-0.1, -0.05) is 0 Å². The van der Waals surface area contributed by atoms with E-state index in [4.69, 9.17) is 9.47 Å². The van der Waals surface area contributed by atoms with Crippen LogP contribution in [0.2, 0.25) is 0 Å². The summed E-state index contributed by atoms with van der Waals surface area (Å²) in [5.41, 5.74) is 0. The van der Waals surface area contributed by atoms with E-state index in [9.17, 15) is 0 Å². The zero-order chi connectivity index (χ0) is 21.8. The van der Waals surface area contributed by atoms with E-state index < -0.39 is 5.79 Å². The summed E-state index contributed by atoms with van der Waals surface area (Å²) >= 11 is 0. The molecular weight excluding hydrogens is 396 g/mol. The zero-order valence-electron chi connectivity index (χ0n) is 19.7. The molecule has 0 bridgehead atoms. The van der Waals surface area contributed by atoms with E-state index in [1.807, 2.05) is 13.8 Å². The Bertz CT molecular complexity index is 420. The zero-order valence-corrected chi connectivity index (χ0v) is 19.7. The highest BCUT2D eigenvalue weighted by atomic mass is 16.8. The summed E-state index contributed by atoms with van der Waals surface area (Å²) in [5, 5.41) is 21.1. The van der Waals surface area contributed by atoms with Crippen LogP contribution in [-0.4, -0.2) is 133 Å². The molecule has 3 aliphatic heterocycles. The summed E-state index contributed by atoms with van der Waals surface area (Å²) < 4.78 is 13.0. The van der Waals surface area contributed by atoms with Crippen LogP contribution in [0.4, 0.5) is 0 Å². The normalized spacial score (nSPS) is 32.3. The fourth-order valence-electron chi connectivity index (χ4n) is 4.32. The Balaban J connectivity index is 1.65. The molecule has 31 heavy (non-hydrogen) atoms. The standard InChI is InChI=1S/C21H46N8O2/c1-21(2)30-19(28-15-11-24-7-3-22-4-8-25-12-16-28)20(31-21)29-17-13-26-9-5-23-6-10-27-14-18-29/h19-20,22-27H,3-18H2,1-2H3/t19-,20-/m0/s1. The number of nitrogens with one attached hydrogen (secondary N) is 6. The molecule has 3 heterocycles. The number of hydrogen-bond acceptors (Lipinski definition) is 10. The monoisotopic (exact) mass is 442 g/mol. The average Bonchev–Trinajstić information content (AvgIpc) is 3.04. The molecule has 0 radical (unpaired) electrons. The Morgan fingerprint density at radius 2 is 0.742 bits per heavy atom. The molecule has 3 rings (SSSR count). The molecule has 0 amide bonds. The summed E-state index contributed by atoms with van der Waals surface area (Å²) in [7, 11) is 0. The lowest BCUT2D eigenvalue weighted by Crippen LogP contribution is -2.55. The molecule has 6 N–H and O–H groups in total. The quantitative estimate of drug-likeness (QED) is 0.278. The summed E-state index contributed by atoms with van der Waals surface area (Å²) in [6, 6.07) is 0. The first-order valence-electron chi connectivity index (χ1n) is 12.2. The van der Waals surface area contributed by atoms with E-state index >= 15 is 0 Å². The molecular formula is C21H46N8O2. The molecule has 0 saturated carbocycles. The molecule has 3 fully saturated rings. The lowest BCUT2D eigenvalue weighted by molar-refractivity contribution is -0.168. The van der Waals surface area contributed by atoms with Gasteiger partial charge in [-0.15, -0.1) is 0 Å².